The SMILES string of the molecule is COc1cccc(OCc2nnc(SCC(=O)Nc3ncc(Cl)cc3Cl)n2N)c1. The molecule has 3 N–H and O–H groups in total. The molecule has 0 bridgehead atoms. The van der Waals surface area contributed by atoms with Gasteiger partial charge in [-0.3, -0.25) is 4.79 Å². The van der Waals surface area contributed by atoms with Crippen LogP contribution in [-0.2, 0) is 11.4 Å². The molecule has 152 valence electrons. The topological polar surface area (TPSA) is 117 Å². The maximum absolute atomic E-state index is 12.1. The lowest BCUT2D eigenvalue weighted by atomic mass is 10.3. The lowest BCUT2D eigenvalue weighted by Crippen LogP contribution is -2.18. The molecule has 0 radical (unpaired) electrons. The Bertz CT molecular complexity index is 1020. The van der Waals surface area contributed by atoms with Gasteiger partial charge in [-0.2, -0.15) is 0 Å². The van der Waals surface area contributed by atoms with Crippen LogP contribution in [0.15, 0.2) is 41.7 Å². The number of rotatable bonds is 8. The number of pyridine rings is 1. The second-order valence-electron chi connectivity index (χ2n) is 5.56. The minimum atomic E-state index is -0.330. The van der Waals surface area contributed by atoms with E-state index in [2.05, 4.69) is 20.5 Å². The molecule has 3 rings (SSSR count). The molecule has 3 aromatic rings. The number of ether oxygens (including phenoxy) is 2. The molecule has 0 aliphatic carbocycles. The van der Waals surface area contributed by atoms with E-state index < -0.39 is 0 Å². The fourth-order valence-electron chi connectivity index (χ4n) is 2.15. The van der Waals surface area contributed by atoms with Crippen LogP contribution >= 0.6 is 35.0 Å². The number of nitrogens with zero attached hydrogens (tertiary/aromatic N) is 4. The van der Waals surface area contributed by atoms with Gasteiger partial charge in [0.2, 0.25) is 11.1 Å². The number of anilines is 1. The van der Waals surface area contributed by atoms with E-state index in [4.69, 9.17) is 38.5 Å². The van der Waals surface area contributed by atoms with E-state index in [9.17, 15) is 4.79 Å². The van der Waals surface area contributed by atoms with Gasteiger partial charge >= 0.3 is 0 Å². The summed E-state index contributed by atoms with van der Waals surface area (Å²) in [5.41, 5.74) is 0. The molecule has 0 atom stereocenters. The molecular weight excluding hydrogens is 439 g/mol. The van der Waals surface area contributed by atoms with Crippen molar-refractivity contribution in [3.63, 3.8) is 0 Å². The van der Waals surface area contributed by atoms with E-state index in [1.54, 1.807) is 19.2 Å². The minimum Gasteiger partial charge on any atom is -0.497 e. The first-order valence-electron chi connectivity index (χ1n) is 8.16. The third-order valence-electron chi connectivity index (χ3n) is 3.54. The zero-order chi connectivity index (χ0) is 20.8. The second-order valence-corrected chi connectivity index (χ2v) is 7.34. The van der Waals surface area contributed by atoms with Crippen molar-refractivity contribution in [3.05, 3.63) is 52.4 Å². The number of carbonyl (C=O) groups is 1. The predicted octanol–water partition coefficient (Wildman–Crippen LogP) is 3.01. The highest BCUT2D eigenvalue weighted by Gasteiger charge is 2.14. The van der Waals surface area contributed by atoms with Gasteiger partial charge in [0.15, 0.2) is 11.6 Å². The van der Waals surface area contributed by atoms with Crippen molar-refractivity contribution >= 4 is 46.7 Å². The summed E-state index contributed by atoms with van der Waals surface area (Å²) in [6.45, 7) is 0.105. The Morgan fingerprint density at radius 3 is 2.83 bits per heavy atom. The molecule has 2 aromatic heterocycles. The lowest BCUT2D eigenvalue weighted by molar-refractivity contribution is -0.113. The first-order chi connectivity index (χ1) is 14.0. The second kappa shape index (κ2) is 9.68. The van der Waals surface area contributed by atoms with E-state index >= 15 is 0 Å². The molecular formula is C17H16Cl2N6O3S. The van der Waals surface area contributed by atoms with E-state index in [0.717, 1.165) is 11.8 Å². The van der Waals surface area contributed by atoms with Crippen LogP contribution in [0.2, 0.25) is 10.0 Å². The first kappa shape index (κ1) is 21.0. The van der Waals surface area contributed by atoms with Gasteiger partial charge in [0.1, 0.15) is 18.1 Å². The summed E-state index contributed by atoms with van der Waals surface area (Å²) < 4.78 is 12.1. The number of amides is 1. The van der Waals surface area contributed by atoms with Crippen LogP contribution in [0.1, 0.15) is 5.82 Å². The highest BCUT2D eigenvalue weighted by molar-refractivity contribution is 7.99. The molecule has 0 unspecified atom stereocenters. The summed E-state index contributed by atoms with van der Waals surface area (Å²) in [7, 11) is 1.58. The van der Waals surface area contributed by atoms with Gasteiger partial charge < -0.3 is 20.6 Å². The molecule has 29 heavy (non-hydrogen) atoms. The summed E-state index contributed by atoms with van der Waals surface area (Å²) in [6.07, 6.45) is 1.39. The molecule has 0 aliphatic heterocycles. The lowest BCUT2D eigenvalue weighted by Gasteiger charge is -2.08. The van der Waals surface area contributed by atoms with Crippen LogP contribution in [0.3, 0.4) is 0 Å². The Morgan fingerprint density at radius 2 is 2.07 bits per heavy atom. The van der Waals surface area contributed by atoms with Gasteiger partial charge in [0.25, 0.3) is 0 Å². The summed E-state index contributed by atoms with van der Waals surface area (Å²) in [5.74, 6) is 7.60. The van der Waals surface area contributed by atoms with Crippen molar-refractivity contribution in [2.45, 2.75) is 11.8 Å². The average Bonchev–Trinajstić information content (AvgIpc) is 3.06. The summed E-state index contributed by atoms with van der Waals surface area (Å²) >= 11 is 12.9. The maximum atomic E-state index is 12.1. The van der Waals surface area contributed by atoms with Gasteiger partial charge in [-0.25, -0.2) is 9.66 Å². The number of methoxy groups -OCH3 is 1. The number of halogens is 2. The van der Waals surface area contributed by atoms with Crippen molar-refractivity contribution in [3.8, 4) is 11.5 Å². The quantitative estimate of drug-likeness (QED) is 0.393. The van der Waals surface area contributed by atoms with Crippen LogP contribution in [0, 0.1) is 0 Å². The number of nitrogens with one attached hydrogen (secondary N) is 1. The molecule has 0 spiro atoms. The molecule has 2 heterocycles. The monoisotopic (exact) mass is 454 g/mol. The van der Waals surface area contributed by atoms with Gasteiger partial charge in [-0.1, -0.05) is 41.0 Å². The van der Waals surface area contributed by atoms with E-state index in [-0.39, 0.29) is 29.1 Å². The van der Waals surface area contributed by atoms with Crippen molar-refractivity contribution in [2.24, 2.45) is 0 Å². The number of thioether (sulfide) groups is 1. The van der Waals surface area contributed by atoms with Gasteiger partial charge in [-0.15, -0.1) is 10.2 Å². The van der Waals surface area contributed by atoms with Crippen LogP contribution in [0.4, 0.5) is 5.82 Å². The summed E-state index contributed by atoms with van der Waals surface area (Å²) in [4.78, 5) is 16.1. The average molecular weight is 455 g/mol. The fourth-order valence-corrected chi connectivity index (χ4v) is 3.25. The highest BCUT2D eigenvalue weighted by atomic mass is 35.5. The van der Waals surface area contributed by atoms with Gasteiger partial charge in [-0.05, 0) is 18.2 Å². The molecule has 1 amide bonds. The highest BCUT2D eigenvalue weighted by Crippen LogP contribution is 2.23. The number of nitrogens with two attached hydrogens (primary N) is 1. The maximum Gasteiger partial charge on any atom is 0.236 e. The van der Waals surface area contributed by atoms with Crippen molar-refractivity contribution < 1.29 is 14.3 Å². The third-order valence-corrected chi connectivity index (χ3v) is 4.98. The molecule has 0 aliphatic rings. The summed E-state index contributed by atoms with van der Waals surface area (Å²) in [6, 6.07) is 8.64. The first-order valence-corrected chi connectivity index (χ1v) is 9.90. The minimum absolute atomic E-state index is 0.0344. The van der Waals surface area contributed by atoms with E-state index in [1.807, 2.05) is 12.1 Å². The van der Waals surface area contributed by atoms with E-state index in [1.165, 1.54) is 16.9 Å². The third kappa shape index (κ3) is 5.66. The standard InChI is InChI=1S/C17H16Cl2N6O3S/c1-27-11-3-2-4-12(6-11)28-8-14-23-24-17(25(14)20)29-9-15(26)22-16-13(19)5-10(18)7-21-16/h2-7H,8-9,20H2,1H3,(H,21,22,26). The Balaban J connectivity index is 1.54. The number of aromatic nitrogens is 4. The Hall–Kier alpha value is -2.69. The molecule has 9 nitrogen and oxygen atoms in total. The smallest absolute Gasteiger partial charge is 0.236 e. The van der Waals surface area contributed by atoms with E-state index in [0.29, 0.717) is 27.5 Å². The van der Waals surface area contributed by atoms with Crippen LogP contribution in [0.5, 0.6) is 11.5 Å². The number of hydrogen-bond donors (Lipinski definition) is 2. The zero-order valence-corrected chi connectivity index (χ0v) is 17.5. The normalized spacial score (nSPS) is 10.6. The zero-order valence-electron chi connectivity index (χ0n) is 15.1. The van der Waals surface area contributed by atoms with Gasteiger partial charge in [0, 0.05) is 12.3 Å². The Labute approximate surface area is 180 Å². The fraction of sp³-hybridized carbons (Fsp3) is 0.176. The molecule has 0 fully saturated rings. The largest absolute Gasteiger partial charge is 0.497 e. The van der Waals surface area contributed by atoms with Crippen LogP contribution in [0.25, 0.3) is 0 Å². The Kier molecular flexibility index (Phi) is 7.02. The molecule has 0 saturated carbocycles. The number of hydrogen-bond acceptors (Lipinski definition) is 8. The Morgan fingerprint density at radius 1 is 1.28 bits per heavy atom. The van der Waals surface area contributed by atoms with Crippen LogP contribution in [-0.4, -0.2) is 38.6 Å². The number of nitrogen functional groups attached to an aromatic ring is 1. The predicted molar refractivity (Wildman–Crippen MR) is 111 cm³/mol. The molecule has 12 heteroatoms. The van der Waals surface area contributed by atoms with Gasteiger partial charge in [0.05, 0.1) is 22.9 Å². The number of carbonyl (C=O) groups excluding carboxylic acids is 1. The number of benzene rings is 1. The van der Waals surface area contributed by atoms with Crippen molar-refractivity contribution in [1.29, 1.82) is 0 Å². The summed E-state index contributed by atoms with van der Waals surface area (Å²) in [5, 5.41) is 11.5. The van der Waals surface area contributed by atoms with Crippen molar-refractivity contribution in [1.82, 2.24) is 19.9 Å². The van der Waals surface area contributed by atoms with Crippen molar-refractivity contribution in [2.75, 3.05) is 24.0 Å². The molecule has 0 saturated heterocycles. The molecule has 1 aromatic carbocycles. The van der Waals surface area contributed by atoms with Crippen LogP contribution < -0.4 is 20.6 Å².